The molecule has 15 heavy (non-hydrogen) atoms. The zero-order chi connectivity index (χ0) is 11.7. The summed E-state index contributed by atoms with van der Waals surface area (Å²) >= 11 is 0. The molecule has 2 amide bonds. The van der Waals surface area contributed by atoms with E-state index in [1.807, 2.05) is 0 Å². The molecule has 0 aromatic rings. The van der Waals surface area contributed by atoms with Crippen LogP contribution in [0.4, 0.5) is 4.79 Å². The van der Waals surface area contributed by atoms with Crippen molar-refractivity contribution in [3.8, 4) is 0 Å². The molecule has 0 aromatic carbocycles. The molecule has 0 bridgehead atoms. The summed E-state index contributed by atoms with van der Waals surface area (Å²) < 4.78 is 0. The van der Waals surface area contributed by atoms with Gasteiger partial charge in [-0.25, -0.2) is 4.79 Å². The molecule has 0 aliphatic heterocycles. The Hall–Kier alpha value is -1.26. The van der Waals surface area contributed by atoms with Crippen molar-refractivity contribution in [3.63, 3.8) is 0 Å². The van der Waals surface area contributed by atoms with E-state index in [0.717, 1.165) is 19.3 Å². The van der Waals surface area contributed by atoms with Crippen LogP contribution in [0, 0.1) is 5.92 Å². The highest BCUT2D eigenvalue weighted by Crippen LogP contribution is 2.16. The van der Waals surface area contributed by atoms with Gasteiger partial charge in [-0.15, -0.1) is 0 Å². The number of carbonyl (C=O) groups excluding carboxylic acids is 1. The minimum Gasteiger partial charge on any atom is -0.481 e. The van der Waals surface area contributed by atoms with Crippen molar-refractivity contribution >= 4 is 12.0 Å². The highest BCUT2D eigenvalue weighted by Gasteiger charge is 2.10. The van der Waals surface area contributed by atoms with Crippen LogP contribution in [0.1, 0.15) is 39.0 Å². The highest BCUT2D eigenvalue weighted by molar-refractivity contribution is 5.71. The fourth-order valence-electron chi connectivity index (χ4n) is 1.57. The molecule has 0 aromatic heterocycles. The lowest BCUT2D eigenvalue weighted by molar-refractivity contribution is -0.137. The van der Waals surface area contributed by atoms with Crippen molar-refractivity contribution in [1.29, 1.82) is 0 Å². The molecule has 0 aliphatic carbocycles. The topological polar surface area (TPSA) is 92.4 Å². The quantitative estimate of drug-likeness (QED) is 0.571. The summed E-state index contributed by atoms with van der Waals surface area (Å²) in [6.45, 7) is 2.59. The lowest BCUT2D eigenvalue weighted by Gasteiger charge is -2.14. The fourth-order valence-corrected chi connectivity index (χ4v) is 1.57. The molecule has 0 heterocycles. The molecule has 0 aliphatic rings. The van der Waals surface area contributed by atoms with E-state index in [9.17, 15) is 9.59 Å². The molecule has 0 fully saturated rings. The summed E-state index contributed by atoms with van der Waals surface area (Å²) in [5, 5.41) is 11.1. The zero-order valence-electron chi connectivity index (χ0n) is 9.16. The van der Waals surface area contributed by atoms with Crippen LogP contribution in [0.25, 0.3) is 0 Å². The molecular formula is C10H20N2O3. The Bertz CT molecular complexity index is 207. The summed E-state index contributed by atoms with van der Waals surface area (Å²) in [5.74, 6) is -0.406. The van der Waals surface area contributed by atoms with Crippen molar-refractivity contribution in [3.05, 3.63) is 0 Å². The van der Waals surface area contributed by atoms with Crippen molar-refractivity contribution < 1.29 is 14.7 Å². The predicted molar refractivity (Wildman–Crippen MR) is 57.5 cm³/mol. The minimum absolute atomic E-state index is 0.196. The van der Waals surface area contributed by atoms with Gasteiger partial charge < -0.3 is 16.2 Å². The molecule has 0 saturated carbocycles. The normalized spacial score (nSPS) is 12.1. The second kappa shape index (κ2) is 8.08. The number of hydrogen-bond acceptors (Lipinski definition) is 2. The molecular weight excluding hydrogens is 196 g/mol. The highest BCUT2D eigenvalue weighted by atomic mass is 16.4. The fraction of sp³-hybridized carbons (Fsp3) is 0.800. The van der Waals surface area contributed by atoms with Gasteiger partial charge in [0, 0.05) is 13.0 Å². The molecule has 0 radical (unpaired) electrons. The number of rotatable bonds is 8. The van der Waals surface area contributed by atoms with Crippen molar-refractivity contribution in [1.82, 2.24) is 5.32 Å². The maximum atomic E-state index is 10.4. The van der Waals surface area contributed by atoms with E-state index < -0.39 is 12.0 Å². The van der Waals surface area contributed by atoms with Gasteiger partial charge in [-0.3, -0.25) is 4.79 Å². The van der Waals surface area contributed by atoms with Crippen LogP contribution in [-0.2, 0) is 4.79 Å². The van der Waals surface area contributed by atoms with Crippen LogP contribution in [0.3, 0.4) is 0 Å². The number of primary amides is 1. The SMILES string of the molecule is CCCC(CCNC(N)=O)CCC(=O)O. The third-order valence-electron chi connectivity index (χ3n) is 2.32. The number of nitrogens with one attached hydrogen (secondary N) is 1. The summed E-state index contributed by atoms with van der Waals surface area (Å²) in [4.78, 5) is 20.8. The van der Waals surface area contributed by atoms with E-state index >= 15 is 0 Å². The summed E-state index contributed by atoms with van der Waals surface area (Å²) in [6, 6.07) is -0.525. The van der Waals surface area contributed by atoms with Crippen molar-refractivity contribution in [2.75, 3.05) is 6.54 Å². The largest absolute Gasteiger partial charge is 0.481 e. The Labute approximate surface area is 90.0 Å². The van der Waals surface area contributed by atoms with Crippen LogP contribution in [0.15, 0.2) is 0 Å². The lowest BCUT2D eigenvalue weighted by Crippen LogP contribution is -2.31. The molecule has 88 valence electrons. The average molecular weight is 216 g/mol. The van der Waals surface area contributed by atoms with Gasteiger partial charge in [0.15, 0.2) is 0 Å². The number of aliphatic carboxylic acids is 1. The first kappa shape index (κ1) is 13.7. The van der Waals surface area contributed by atoms with Gasteiger partial charge in [0.1, 0.15) is 0 Å². The van der Waals surface area contributed by atoms with E-state index in [2.05, 4.69) is 12.2 Å². The van der Waals surface area contributed by atoms with Gasteiger partial charge in [-0.1, -0.05) is 19.8 Å². The zero-order valence-corrected chi connectivity index (χ0v) is 9.16. The Morgan fingerprint density at radius 2 is 2.00 bits per heavy atom. The number of carboxylic acids is 1. The Morgan fingerprint density at radius 3 is 2.47 bits per heavy atom. The Morgan fingerprint density at radius 1 is 1.33 bits per heavy atom. The predicted octanol–water partition coefficient (Wildman–Crippen LogP) is 1.33. The summed E-state index contributed by atoms with van der Waals surface area (Å²) in [5.41, 5.74) is 4.93. The number of nitrogens with two attached hydrogens (primary N) is 1. The Balaban J connectivity index is 3.71. The maximum Gasteiger partial charge on any atom is 0.312 e. The molecule has 4 N–H and O–H groups in total. The van der Waals surface area contributed by atoms with E-state index in [4.69, 9.17) is 10.8 Å². The molecule has 0 saturated heterocycles. The average Bonchev–Trinajstić information content (AvgIpc) is 2.13. The van der Waals surface area contributed by atoms with E-state index in [0.29, 0.717) is 18.9 Å². The first-order valence-electron chi connectivity index (χ1n) is 5.31. The van der Waals surface area contributed by atoms with Gasteiger partial charge in [-0.05, 0) is 18.8 Å². The van der Waals surface area contributed by atoms with Crippen LogP contribution < -0.4 is 11.1 Å². The Kier molecular flexibility index (Phi) is 7.40. The standard InChI is InChI=1S/C10H20N2O3/c1-2-3-8(4-5-9(13)14)6-7-12-10(11)15/h8H,2-7H2,1H3,(H,13,14)(H3,11,12,15). The number of amides is 2. The lowest BCUT2D eigenvalue weighted by atomic mass is 9.94. The van der Waals surface area contributed by atoms with Gasteiger partial charge in [0.2, 0.25) is 0 Å². The summed E-state index contributed by atoms with van der Waals surface area (Å²) in [7, 11) is 0. The van der Waals surface area contributed by atoms with E-state index in [1.54, 1.807) is 0 Å². The molecule has 1 unspecified atom stereocenters. The van der Waals surface area contributed by atoms with Crippen LogP contribution in [0.2, 0.25) is 0 Å². The maximum absolute atomic E-state index is 10.4. The number of hydrogen-bond donors (Lipinski definition) is 3. The van der Waals surface area contributed by atoms with Gasteiger partial charge in [0.25, 0.3) is 0 Å². The monoisotopic (exact) mass is 216 g/mol. The third-order valence-corrected chi connectivity index (χ3v) is 2.32. The summed E-state index contributed by atoms with van der Waals surface area (Å²) in [6.07, 6.45) is 3.68. The first-order chi connectivity index (χ1) is 7.06. The molecule has 5 nitrogen and oxygen atoms in total. The van der Waals surface area contributed by atoms with Crippen LogP contribution in [0.5, 0.6) is 0 Å². The number of urea groups is 1. The second-order valence-corrected chi connectivity index (χ2v) is 3.67. The third kappa shape index (κ3) is 9.05. The van der Waals surface area contributed by atoms with Crippen LogP contribution >= 0.6 is 0 Å². The minimum atomic E-state index is -0.765. The number of carboxylic acid groups (broad SMARTS) is 1. The second-order valence-electron chi connectivity index (χ2n) is 3.67. The first-order valence-corrected chi connectivity index (χ1v) is 5.31. The van der Waals surface area contributed by atoms with Crippen molar-refractivity contribution in [2.24, 2.45) is 11.7 Å². The van der Waals surface area contributed by atoms with Crippen molar-refractivity contribution in [2.45, 2.75) is 39.0 Å². The molecule has 0 spiro atoms. The van der Waals surface area contributed by atoms with Gasteiger partial charge in [-0.2, -0.15) is 0 Å². The molecule has 1 atom stereocenters. The number of carbonyl (C=O) groups is 2. The van der Waals surface area contributed by atoms with E-state index in [1.165, 1.54) is 0 Å². The molecule has 5 heteroatoms. The van der Waals surface area contributed by atoms with Gasteiger partial charge in [0.05, 0.1) is 0 Å². The molecule has 0 rings (SSSR count). The van der Waals surface area contributed by atoms with E-state index in [-0.39, 0.29) is 6.42 Å². The smallest absolute Gasteiger partial charge is 0.312 e. The van der Waals surface area contributed by atoms with Gasteiger partial charge >= 0.3 is 12.0 Å². The van der Waals surface area contributed by atoms with Crippen LogP contribution in [-0.4, -0.2) is 23.7 Å².